The van der Waals surface area contributed by atoms with Crippen LogP contribution in [0.4, 0.5) is 0 Å². The second kappa shape index (κ2) is 8.81. The third-order valence-electron chi connectivity index (χ3n) is 10.5. The molecule has 0 N–H and O–H groups in total. The molecule has 11 rings (SSSR count). The van der Waals surface area contributed by atoms with Gasteiger partial charge in [-0.15, -0.1) is 0 Å². The summed E-state index contributed by atoms with van der Waals surface area (Å²) in [7, 11) is 0. The predicted molar refractivity (Wildman–Crippen MR) is 198 cm³/mol. The van der Waals surface area contributed by atoms with Gasteiger partial charge in [-0.25, -0.2) is 0 Å². The zero-order valence-corrected chi connectivity index (χ0v) is 25.0. The molecule has 0 aliphatic heterocycles. The molecule has 0 amide bonds. The lowest BCUT2D eigenvalue weighted by atomic mass is 9.84. The minimum absolute atomic E-state index is 1.25. The Morgan fingerprint density at radius 1 is 0.239 bits per heavy atom. The molecule has 0 fully saturated rings. The number of hydrogen-bond donors (Lipinski definition) is 0. The number of fused-ring (bicyclic) bond motifs is 7. The van der Waals surface area contributed by atoms with E-state index in [-0.39, 0.29) is 0 Å². The molecule has 0 nitrogen and oxygen atoms in total. The molecule has 0 saturated heterocycles. The lowest BCUT2D eigenvalue weighted by Crippen LogP contribution is -1.92. The standard InChI is InChI=1S/C46H26/c1-3-11-27(12-4-1)43-30-17-7-8-18-31(30)44(28-13-5-2-6-14-28)41-26-39-37-24-22-35-33-20-10-16-29-15-9-19-32(42(29)33)34-21-23-36(46(37)45(34)35)38(39)25-40(41)43/h1-26H. The molecule has 0 saturated carbocycles. The maximum atomic E-state index is 2.50. The van der Waals surface area contributed by atoms with E-state index in [9.17, 15) is 0 Å². The summed E-state index contributed by atoms with van der Waals surface area (Å²) in [5, 5.41) is 16.0. The first kappa shape index (κ1) is 24.4. The van der Waals surface area contributed by atoms with Crippen LogP contribution in [-0.2, 0) is 0 Å². The summed E-state index contributed by atoms with van der Waals surface area (Å²) in [6.07, 6.45) is 0. The van der Waals surface area contributed by atoms with Crippen molar-refractivity contribution in [2.45, 2.75) is 0 Å². The molecule has 0 heteroatoms. The Morgan fingerprint density at radius 2 is 0.674 bits per heavy atom. The first-order chi connectivity index (χ1) is 22.8. The van der Waals surface area contributed by atoms with Crippen LogP contribution in [0.5, 0.6) is 0 Å². The third-order valence-corrected chi connectivity index (χ3v) is 10.5. The van der Waals surface area contributed by atoms with Gasteiger partial charge >= 0.3 is 0 Å². The van der Waals surface area contributed by atoms with Crippen LogP contribution in [0.15, 0.2) is 158 Å². The van der Waals surface area contributed by atoms with Crippen LogP contribution in [0, 0.1) is 0 Å². The highest BCUT2D eigenvalue weighted by atomic mass is 14.3. The van der Waals surface area contributed by atoms with Gasteiger partial charge in [-0.1, -0.05) is 146 Å². The van der Waals surface area contributed by atoms with Crippen molar-refractivity contribution in [1.29, 1.82) is 0 Å². The van der Waals surface area contributed by atoms with Crippen molar-refractivity contribution >= 4 is 64.6 Å². The van der Waals surface area contributed by atoms with E-state index in [1.165, 1.54) is 109 Å². The van der Waals surface area contributed by atoms with Crippen LogP contribution >= 0.6 is 0 Å². The highest BCUT2D eigenvalue weighted by Crippen LogP contribution is 2.55. The van der Waals surface area contributed by atoms with Crippen LogP contribution in [-0.4, -0.2) is 0 Å². The molecule has 10 aromatic carbocycles. The summed E-state index contributed by atoms with van der Waals surface area (Å²) in [6, 6.07) is 58.9. The molecule has 10 aromatic rings. The van der Waals surface area contributed by atoms with E-state index in [4.69, 9.17) is 0 Å². The molecule has 210 valence electrons. The summed E-state index contributed by atoms with van der Waals surface area (Å²) in [6.45, 7) is 0. The summed E-state index contributed by atoms with van der Waals surface area (Å²) < 4.78 is 0. The highest BCUT2D eigenvalue weighted by Gasteiger charge is 2.27. The van der Waals surface area contributed by atoms with Crippen LogP contribution in [0.2, 0.25) is 0 Å². The zero-order chi connectivity index (χ0) is 29.9. The minimum atomic E-state index is 1.25. The molecule has 0 atom stereocenters. The van der Waals surface area contributed by atoms with Crippen LogP contribution < -0.4 is 0 Å². The second-order valence-corrected chi connectivity index (χ2v) is 12.8. The van der Waals surface area contributed by atoms with Crippen molar-refractivity contribution in [3.63, 3.8) is 0 Å². The maximum absolute atomic E-state index is 2.50. The minimum Gasteiger partial charge on any atom is -0.0622 e. The molecule has 0 unspecified atom stereocenters. The van der Waals surface area contributed by atoms with Crippen molar-refractivity contribution in [2.75, 3.05) is 0 Å². The van der Waals surface area contributed by atoms with E-state index in [2.05, 4.69) is 158 Å². The Kier molecular flexibility index (Phi) is 4.66. The largest absolute Gasteiger partial charge is 0.0622 e. The normalized spacial score (nSPS) is 12.3. The lowest BCUT2D eigenvalue weighted by molar-refractivity contribution is 1.65. The van der Waals surface area contributed by atoms with Gasteiger partial charge in [0.05, 0.1) is 0 Å². The molecule has 0 heterocycles. The van der Waals surface area contributed by atoms with Gasteiger partial charge in [0.1, 0.15) is 0 Å². The van der Waals surface area contributed by atoms with Crippen LogP contribution in [0.25, 0.3) is 109 Å². The number of benzene rings is 10. The first-order valence-electron chi connectivity index (χ1n) is 16.1. The van der Waals surface area contributed by atoms with E-state index in [1.807, 2.05) is 0 Å². The van der Waals surface area contributed by atoms with Crippen LogP contribution in [0.3, 0.4) is 0 Å². The quantitative estimate of drug-likeness (QED) is 0.141. The Balaban J connectivity index is 1.33. The fraction of sp³-hybridized carbons (Fsp3) is 0. The third kappa shape index (κ3) is 3.04. The lowest BCUT2D eigenvalue weighted by Gasteiger charge is -2.19. The van der Waals surface area contributed by atoms with Gasteiger partial charge in [0.2, 0.25) is 0 Å². The summed E-state index contributed by atoms with van der Waals surface area (Å²) in [5.74, 6) is 0. The molecule has 1 aliphatic rings. The molecular formula is C46H26. The Hall–Kier alpha value is -5.98. The Labute approximate surface area is 266 Å². The van der Waals surface area contributed by atoms with Crippen molar-refractivity contribution in [3.05, 3.63) is 158 Å². The van der Waals surface area contributed by atoms with Crippen molar-refractivity contribution < 1.29 is 0 Å². The Bertz CT molecular complexity index is 2690. The van der Waals surface area contributed by atoms with Gasteiger partial charge in [0.15, 0.2) is 0 Å². The first-order valence-corrected chi connectivity index (χ1v) is 16.1. The van der Waals surface area contributed by atoms with Gasteiger partial charge in [-0.3, -0.25) is 0 Å². The average Bonchev–Trinajstić information content (AvgIpc) is 3.44. The maximum Gasteiger partial charge on any atom is -0.00139 e. The summed E-state index contributed by atoms with van der Waals surface area (Å²) in [4.78, 5) is 0. The highest BCUT2D eigenvalue weighted by molar-refractivity contribution is 6.37. The zero-order valence-electron chi connectivity index (χ0n) is 25.0. The summed E-state index contributed by atoms with van der Waals surface area (Å²) in [5.41, 5.74) is 10.4. The van der Waals surface area contributed by atoms with E-state index in [0.717, 1.165) is 0 Å². The fourth-order valence-electron chi connectivity index (χ4n) is 8.68. The van der Waals surface area contributed by atoms with Gasteiger partial charge < -0.3 is 0 Å². The molecule has 1 aliphatic carbocycles. The molecule has 0 radical (unpaired) electrons. The van der Waals surface area contributed by atoms with Crippen LogP contribution in [0.1, 0.15) is 0 Å². The fourth-order valence-corrected chi connectivity index (χ4v) is 8.68. The molecule has 0 aromatic heterocycles. The van der Waals surface area contributed by atoms with E-state index < -0.39 is 0 Å². The number of rotatable bonds is 2. The monoisotopic (exact) mass is 578 g/mol. The topological polar surface area (TPSA) is 0 Å². The molecule has 0 spiro atoms. The summed E-state index contributed by atoms with van der Waals surface area (Å²) >= 11 is 0. The van der Waals surface area contributed by atoms with E-state index >= 15 is 0 Å². The SMILES string of the molecule is c1ccc(-c2c3ccccc3c(-c3ccccc3)c3cc4c(cc23)-c2ccc3c5cccc6cccc(c7ccc-4c2c37)c65)cc1. The van der Waals surface area contributed by atoms with E-state index in [0.29, 0.717) is 0 Å². The molecular weight excluding hydrogens is 553 g/mol. The Morgan fingerprint density at radius 3 is 1.17 bits per heavy atom. The van der Waals surface area contributed by atoms with Crippen molar-refractivity contribution in [1.82, 2.24) is 0 Å². The molecule has 46 heavy (non-hydrogen) atoms. The smallest absolute Gasteiger partial charge is 0.00139 e. The predicted octanol–water partition coefficient (Wildman–Crippen LogP) is 13.0. The van der Waals surface area contributed by atoms with Gasteiger partial charge in [0, 0.05) is 0 Å². The van der Waals surface area contributed by atoms with Crippen molar-refractivity contribution in [3.8, 4) is 44.5 Å². The molecule has 0 bridgehead atoms. The van der Waals surface area contributed by atoms with Gasteiger partial charge in [-0.2, -0.15) is 0 Å². The van der Waals surface area contributed by atoms with E-state index in [1.54, 1.807) is 0 Å². The van der Waals surface area contributed by atoms with Gasteiger partial charge in [-0.05, 0) is 121 Å². The van der Waals surface area contributed by atoms with Crippen molar-refractivity contribution in [2.24, 2.45) is 0 Å². The average molecular weight is 579 g/mol. The number of hydrogen-bond acceptors (Lipinski definition) is 0. The van der Waals surface area contributed by atoms with Gasteiger partial charge in [0.25, 0.3) is 0 Å². The second-order valence-electron chi connectivity index (χ2n) is 12.8.